The topological polar surface area (TPSA) is 73.8 Å². The SMILES string of the molecule is Cc1ccc(-c2ccc(=O)n(Cc3nc(-c4ccc(C)c(C)c4)no3)n2)cc1. The Kier molecular flexibility index (Phi) is 4.61. The molecule has 2 aromatic heterocycles. The van der Waals surface area contributed by atoms with E-state index in [2.05, 4.69) is 22.2 Å². The van der Waals surface area contributed by atoms with E-state index in [1.807, 2.05) is 56.3 Å². The number of benzene rings is 2. The Labute approximate surface area is 162 Å². The normalized spacial score (nSPS) is 11.0. The zero-order chi connectivity index (χ0) is 19.7. The molecule has 4 rings (SSSR count). The van der Waals surface area contributed by atoms with E-state index < -0.39 is 0 Å². The van der Waals surface area contributed by atoms with Gasteiger partial charge in [-0.05, 0) is 44.0 Å². The molecule has 0 atom stereocenters. The Morgan fingerprint density at radius 2 is 1.64 bits per heavy atom. The van der Waals surface area contributed by atoms with Crippen LogP contribution in [0.1, 0.15) is 22.6 Å². The minimum atomic E-state index is -0.221. The molecule has 0 radical (unpaired) electrons. The molecule has 0 unspecified atom stereocenters. The van der Waals surface area contributed by atoms with Crippen LogP contribution in [0.3, 0.4) is 0 Å². The molecule has 0 amide bonds. The van der Waals surface area contributed by atoms with Crippen molar-refractivity contribution in [2.75, 3.05) is 0 Å². The highest BCUT2D eigenvalue weighted by Gasteiger charge is 2.12. The summed E-state index contributed by atoms with van der Waals surface area (Å²) >= 11 is 0. The van der Waals surface area contributed by atoms with E-state index in [4.69, 9.17) is 4.52 Å². The van der Waals surface area contributed by atoms with Crippen molar-refractivity contribution in [1.29, 1.82) is 0 Å². The Hall–Kier alpha value is -3.54. The molecule has 0 saturated heterocycles. The van der Waals surface area contributed by atoms with Gasteiger partial charge in [0.1, 0.15) is 6.54 Å². The highest BCUT2D eigenvalue weighted by molar-refractivity contribution is 5.58. The second-order valence-electron chi connectivity index (χ2n) is 6.89. The third-order valence-electron chi connectivity index (χ3n) is 4.73. The molecule has 0 bridgehead atoms. The van der Waals surface area contributed by atoms with Crippen molar-refractivity contribution in [2.24, 2.45) is 0 Å². The van der Waals surface area contributed by atoms with Crippen LogP contribution in [0.2, 0.25) is 0 Å². The minimum Gasteiger partial charge on any atom is -0.337 e. The van der Waals surface area contributed by atoms with Crippen molar-refractivity contribution in [1.82, 2.24) is 19.9 Å². The summed E-state index contributed by atoms with van der Waals surface area (Å²) in [4.78, 5) is 16.7. The van der Waals surface area contributed by atoms with Gasteiger partial charge in [-0.1, -0.05) is 47.1 Å². The maximum absolute atomic E-state index is 12.2. The lowest BCUT2D eigenvalue weighted by atomic mass is 10.1. The van der Waals surface area contributed by atoms with Crippen LogP contribution in [0.25, 0.3) is 22.6 Å². The molecule has 6 nitrogen and oxygen atoms in total. The van der Waals surface area contributed by atoms with Crippen molar-refractivity contribution >= 4 is 0 Å². The smallest absolute Gasteiger partial charge is 0.267 e. The average Bonchev–Trinajstić information content (AvgIpc) is 3.15. The number of hydrogen-bond donors (Lipinski definition) is 0. The molecule has 140 valence electrons. The van der Waals surface area contributed by atoms with Crippen molar-refractivity contribution in [3.63, 3.8) is 0 Å². The van der Waals surface area contributed by atoms with E-state index in [0.29, 0.717) is 17.4 Å². The fraction of sp³-hybridized carbons (Fsp3) is 0.182. The van der Waals surface area contributed by atoms with Crippen molar-refractivity contribution in [2.45, 2.75) is 27.3 Å². The molecule has 0 aliphatic heterocycles. The van der Waals surface area contributed by atoms with Gasteiger partial charge in [0.2, 0.25) is 11.7 Å². The average molecular weight is 372 g/mol. The van der Waals surface area contributed by atoms with Gasteiger partial charge >= 0.3 is 0 Å². The lowest BCUT2D eigenvalue weighted by Gasteiger charge is -2.05. The van der Waals surface area contributed by atoms with Crippen LogP contribution in [-0.4, -0.2) is 19.9 Å². The standard InChI is InChI=1S/C22H20N4O2/c1-14-4-7-17(8-5-14)19-10-11-21(27)26(24-19)13-20-23-22(25-28-20)18-9-6-15(2)16(3)12-18/h4-12H,13H2,1-3H3. The number of rotatable bonds is 4. The van der Waals surface area contributed by atoms with Gasteiger partial charge in [0.25, 0.3) is 5.56 Å². The summed E-state index contributed by atoms with van der Waals surface area (Å²) in [5.74, 6) is 0.838. The number of aromatic nitrogens is 4. The van der Waals surface area contributed by atoms with Crippen LogP contribution >= 0.6 is 0 Å². The van der Waals surface area contributed by atoms with Gasteiger partial charge in [0, 0.05) is 17.2 Å². The molecule has 0 fully saturated rings. The zero-order valence-corrected chi connectivity index (χ0v) is 16.0. The van der Waals surface area contributed by atoms with E-state index in [0.717, 1.165) is 16.7 Å². The van der Waals surface area contributed by atoms with Crippen LogP contribution in [0.4, 0.5) is 0 Å². The second-order valence-corrected chi connectivity index (χ2v) is 6.89. The molecule has 0 aliphatic rings. The first-order valence-electron chi connectivity index (χ1n) is 9.05. The molecule has 2 heterocycles. The Bertz CT molecular complexity index is 1190. The first-order chi connectivity index (χ1) is 13.5. The Morgan fingerprint density at radius 1 is 0.893 bits per heavy atom. The van der Waals surface area contributed by atoms with Crippen molar-refractivity contribution < 1.29 is 4.52 Å². The summed E-state index contributed by atoms with van der Waals surface area (Å²) in [6.45, 7) is 6.25. The van der Waals surface area contributed by atoms with Gasteiger partial charge in [-0.15, -0.1) is 0 Å². The first-order valence-corrected chi connectivity index (χ1v) is 9.05. The quantitative estimate of drug-likeness (QED) is 0.543. The maximum Gasteiger partial charge on any atom is 0.267 e. The fourth-order valence-corrected chi connectivity index (χ4v) is 2.89. The molecular formula is C22H20N4O2. The largest absolute Gasteiger partial charge is 0.337 e. The van der Waals surface area contributed by atoms with E-state index in [1.54, 1.807) is 6.07 Å². The van der Waals surface area contributed by atoms with Gasteiger partial charge in [0.05, 0.1) is 5.69 Å². The molecule has 6 heteroatoms. The Balaban J connectivity index is 1.62. The molecule has 0 aliphatic carbocycles. The van der Waals surface area contributed by atoms with Gasteiger partial charge in [-0.25, -0.2) is 4.68 Å². The highest BCUT2D eigenvalue weighted by atomic mass is 16.5. The highest BCUT2D eigenvalue weighted by Crippen LogP contribution is 2.20. The van der Waals surface area contributed by atoms with Crippen molar-refractivity contribution in [3.8, 4) is 22.6 Å². The number of nitrogens with zero attached hydrogens (tertiary/aromatic N) is 4. The minimum absolute atomic E-state index is 0.121. The first kappa shape index (κ1) is 17.9. The van der Waals surface area contributed by atoms with Gasteiger partial charge in [0.15, 0.2) is 0 Å². The van der Waals surface area contributed by atoms with Crippen LogP contribution in [0, 0.1) is 20.8 Å². The van der Waals surface area contributed by atoms with Crippen LogP contribution in [0.5, 0.6) is 0 Å². The summed E-state index contributed by atoms with van der Waals surface area (Å²) < 4.78 is 6.69. The third-order valence-corrected chi connectivity index (χ3v) is 4.73. The van der Waals surface area contributed by atoms with Crippen molar-refractivity contribution in [3.05, 3.63) is 87.5 Å². The van der Waals surface area contributed by atoms with E-state index in [-0.39, 0.29) is 12.1 Å². The van der Waals surface area contributed by atoms with E-state index in [1.165, 1.54) is 21.9 Å². The van der Waals surface area contributed by atoms with Gasteiger partial charge < -0.3 is 4.52 Å². The summed E-state index contributed by atoms with van der Waals surface area (Å²) in [7, 11) is 0. The third kappa shape index (κ3) is 3.62. The van der Waals surface area contributed by atoms with Crippen LogP contribution < -0.4 is 5.56 Å². The summed E-state index contributed by atoms with van der Waals surface area (Å²) in [5, 5.41) is 8.50. The fourth-order valence-electron chi connectivity index (χ4n) is 2.89. The predicted octanol–water partition coefficient (Wildman–Crippen LogP) is 3.93. The molecular weight excluding hydrogens is 352 g/mol. The Morgan fingerprint density at radius 3 is 2.39 bits per heavy atom. The van der Waals surface area contributed by atoms with E-state index >= 15 is 0 Å². The maximum atomic E-state index is 12.2. The molecule has 0 spiro atoms. The summed E-state index contributed by atoms with van der Waals surface area (Å²) in [6.07, 6.45) is 0. The molecule has 0 N–H and O–H groups in total. The predicted molar refractivity (Wildman–Crippen MR) is 107 cm³/mol. The number of aryl methyl sites for hydroxylation is 3. The molecule has 4 aromatic rings. The van der Waals surface area contributed by atoms with Crippen LogP contribution in [-0.2, 0) is 6.54 Å². The van der Waals surface area contributed by atoms with Gasteiger partial charge in [-0.3, -0.25) is 4.79 Å². The molecule has 0 saturated carbocycles. The lowest BCUT2D eigenvalue weighted by Crippen LogP contribution is -2.23. The summed E-state index contributed by atoms with van der Waals surface area (Å²) in [5.41, 5.74) is 5.85. The monoisotopic (exact) mass is 372 g/mol. The second kappa shape index (κ2) is 7.23. The lowest BCUT2D eigenvalue weighted by molar-refractivity contribution is 0.363. The molecule has 2 aromatic carbocycles. The molecule has 28 heavy (non-hydrogen) atoms. The van der Waals surface area contributed by atoms with Crippen LogP contribution in [0.15, 0.2) is 63.9 Å². The number of hydrogen-bond acceptors (Lipinski definition) is 5. The summed E-state index contributed by atoms with van der Waals surface area (Å²) in [6, 6.07) is 17.2. The zero-order valence-electron chi connectivity index (χ0n) is 16.0. The van der Waals surface area contributed by atoms with Gasteiger partial charge in [-0.2, -0.15) is 10.1 Å². The van der Waals surface area contributed by atoms with E-state index in [9.17, 15) is 4.79 Å².